The molecule has 1 aromatic heterocycles. The number of aromatic nitrogens is 2. The van der Waals surface area contributed by atoms with Gasteiger partial charge in [-0.1, -0.05) is 0 Å². The predicted molar refractivity (Wildman–Crippen MR) is 80.1 cm³/mol. The van der Waals surface area contributed by atoms with E-state index in [1.807, 2.05) is 24.7 Å². The molecule has 1 unspecified atom stereocenters. The van der Waals surface area contributed by atoms with Gasteiger partial charge in [0, 0.05) is 29.7 Å². The lowest BCUT2D eigenvalue weighted by Gasteiger charge is -2.11. The summed E-state index contributed by atoms with van der Waals surface area (Å²) in [5, 5.41) is 10.5. The Bertz CT molecular complexity index is 711. The van der Waals surface area contributed by atoms with Gasteiger partial charge in [-0.3, -0.25) is 14.8 Å². The highest BCUT2D eigenvalue weighted by molar-refractivity contribution is 5.97. The Balaban J connectivity index is 1.75. The van der Waals surface area contributed by atoms with Crippen LogP contribution in [0.5, 0.6) is 0 Å². The number of benzene rings is 1. The van der Waals surface area contributed by atoms with E-state index in [0.717, 1.165) is 10.9 Å². The SMILES string of the molecule is CC(C)n1cc2cc(NC(=O)C3CC(F)(F)CN3)ccc2n1. The Hall–Kier alpha value is -2.02. The van der Waals surface area contributed by atoms with Gasteiger partial charge in [-0.15, -0.1) is 0 Å². The summed E-state index contributed by atoms with van der Waals surface area (Å²) in [5.41, 5.74) is 1.41. The number of nitrogens with zero attached hydrogens (tertiary/aromatic N) is 2. The molecule has 118 valence electrons. The number of carbonyl (C=O) groups is 1. The maximum absolute atomic E-state index is 13.1. The normalized spacial score (nSPS) is 20.7. The molecule has 1 fully saturated rings. The third-order valence-corrected chi connectivity index (χ3v) is 3.75. The van der Waals surface area contributed by atoms with Crippen molar-refractivity contribution < 1.29 is 13.6 Å². The number of rotatable bonds is 3. The van der Waals surface area contributed by atoms with Crippen LogP contribution >= 0.6 is 0 Å². The standard InChI is InChI=1S/C15H18F2N4O/c1-9(2)21-7-10-5-11(3-4-12(10)20-21)19-14(22)13-6-15(16,17)8-18-13/h3-5,7,9,13,18H,6,8H2,1-2H3,(H,19,22). The summed E-state index contributed by atoms with van der Waals surface area (Å²) in [6, 6.07) is 4.72. The monoisotopic (exact) mass is 308 g/mol. The van der Waals surface area contributed by atoms with Crippen molar-refractivity contribution in [1.29, 1.82) is 0 Å². The average Bonchev–Trinajstić information content (AvgIpc) is 3.01. The molecule has 0 saturated carbocycles. The minimum Gasteiger partial charge on any atom is -0.325 e. The summed E-state index contributed by atoms with van der Waals surface area (Å²) in [5.74, 6) is -3.25. The smallest absolute Gasteiger partial charge is 0.262 e. The Labute approximate surface area is 126 Å². The minimum atomic E-state index is -2.82. The van der Waals surface area contributed by atoms with Gasteiger partial charge in [-0.25, -0.2) is 8.78 Å². The van der Waals surface area contributed by atoms with Gasteiger partial charge in [0.1, 0.15) is 0 Å². The number of hydrogen-bond donors (Lipinski definition) is 2. The van der Waals surface area contributed by atoms with Crippen LogP contribution in [-0.4, -0.2) is 34.2 Å². The Morgan fingerprint density at radius 3 is 2.91 bits per heavy atom. The molecular weight excluding hydrogens is 290 g/mol. The predicted octanol–water partition coefficient (Wildman–Crippen LogP) is 2.55. The van der Waals surface area contributed by atoms with Crippen LogP contribution in [0.15, 0.2) is 24.4 Å². The van der Waals surface area contributed by atoms with Crippen molar-refractivity contribution in [1.82, 2.24) is 15.1 Å². The van der Waals surface area contributed by atoms with Crippen LogP contribution in [0, 0.1) is 0 Å². The summed E-state index contributed by atoms with van der Waals surface area (Å²) in [7, 11) is 0. The lowest BCUT2D eigenvalue weighted by atomic mass is 10.1. The largest absolute Gasteiger partial charge is 0.325 e. The van der Waals surface area contributed by atoms with E-state index in [1.165, 1.54) is 0 Å². The first-order valence-corrected chi connectivity index (χ1v) is 7.25. The van der Waals surface area contributed by atoms with Crippen LogP contribution < -0.4 is 10.6 Å². The highest BCUT2D eigenvalue weighted by Crippen LogP contribution is 2.26. The van der Waals surface area contributed by atoms with Gasteiger partial charge in [-0.2, -0.15) is 5.10 Å². The molecular formula is C15H18F2N4O. The molecule has 0 aliphatic carbocycles. The molecule has 1 saturated heterocycles. The van der Waals surface area contributed by atoms with Crippen LogP contribution in [0.3, 0.4) is 0 Å². The van der Waals surface area contributed by atoms with Crippen LogP contribution in [0.4, 0.5) is 14.5 Å². The zero-order valence-electron chi connectivity index (χ0n) is 12.4. The van der Waals surface area contributed by atoms with E-state index in [0.29, 0.717) is 5.69 Å². The fourth-order valence-electron chi connectivity index (χ4n) is 2.52. The zero-order valence-corrected chi connectivity index (χ0v) is 12.4. The lowest BCUT2D eigenvalue weighted by molar-refractivity contribution is -0.118. The number of carbonyl (C=O) groups excluding carboxylic acids is 1. The molecule has 0 spiro atoms. The number of alkyl halides is 2. The van der Waals surface area contributed by atoms with Gasteiger partial charge >= 0.3 is 0 Å². The fourth-order valence-corrected chi connectivity index (χ4v) is 2.52. The van der Waals surface area contributed by atoms with E-state index >= 15 is 0 Å². The number of halogens is 2. The molecule has 1 atom stereocenters. The van der Waals surface area contributed by atoms with E-state index in [9.17, 15) is 13.6 Å². The third-order valence-electron chi connectivity index (χ3n) is 3.75. The Morgan fingerprint density at radius 2 is 2.27 bits per heavy atom. The first-order chi connectivity index (χ1) is 10.3. The van der Waals surface area contributed by atoms with E-state index in [4.69, 9.17) is 0 Å². The second kappa shape index (κ2) is 5.31. The number of nitrogens with one attached hydrogen (secondary N) is 2. The number of fused-ring (bicyclic) bond motifs is 1. The first-order valence-electron chi connectivity index (χ1n) is 7.25. The van der Waals surface area contributed by atoms with E-state index in [2.05, 4.69) is 15.7 Å². The molecule has 2 N–H and O–H groups in total. The number of amides is 1. The Kier molecular flexibility index (Phi) is 3.60. The van der Waals surface area contributed by atoms with Crippen LogP contribution in [0.25, 0.3) is 10.9 Å². The molecule has 2 heterocycles. The first kappa shape index (κ1) is 14.9. The maximum Gasteiger partial charge on any atom is 0.262 e. The van der Waals surface area contributed by atoms with Crippen molar-refractivity contribution in [2.75, 3.05) is 11.9 Å². The quantitative estimate of drug-likeness (QED) is 0.916. The molecule has 1 aliphatic heterocycles. The number of hydrogen-bond acceptors (Lipinski definition) is 3. The highest BCUT2D eigenvalue weighted by Gasteiger charge is 2.42. The Morgan fingerprint density at radius 1 is 1.50 bits per heavy atom. The fraction of sp³-hybridized carbons (Fsp3) is 0.467. The molecule has 5 nitrogen and oxygen atoms in total. The topological polar surface area (TPSA) is 59.0 Å². The van der Waals surface area contributed by atoms with Crippen LogP contribution in [0.1, 0.15) is 26.3 Å². The van der Waals surface area contributed by atoms with Crippen molar-refractivity contribution in [3.8, 4) is 0 Å². The lowest BCUT2D eigenvalue weighted by Crippen LogP contribution is -2.35. The minimum absolute atomic E-state index is 0.246. The maximum atomic E-state index is 13.1. The van der Waals surface area contributed by atoms with Crippen molar-refractivity contribution >= 4 is 22.5 Å². The number of anilines is 1. The summed E-state index contributed by atoms with van der Waals surface area (Å²) in [6.45, 7) is 3.60. The summed E-state index contributed by atoms with van der Waals surface area (Å²) >= 11 is 0. The van der Waals surface area contributed by atoms with Crippen molar-refractivity contribution in [2.24, 2.45) is 0 Å². The molecule has 1 amide bonds. The highest BCUT2D eigenvalue weighted by atomic mass is 19.3. The third kappa shape index (κ3) is 2.94. The van der Waals surface area contributed by atoms with Crippen molar-refractivity contribution in [2.45, 2.75) is 38.3 Å². The van der Waals surface area contributed by atoms with E-state index in [1.54, 1.807) is 18.2 Å². The molecule has 1 aromatic carbocycles. The van der Waals surface area contributed by atoms with Crippen molar-refractivity contribution in [3.05, 3.63) is 24.4 Å². The molecule has 22 heavy (non-hydrogen) atoms. The molecule has 2 aromatic rings. The van der Waals surface area contributed by atoms with Crippen LogP contribution in [0.2, 0.25) is 0 Å². The van der Waals surface area contributed by atoms with Gasteiger partial charge in [0.2, 0.25) is 5.91 Å². The van der Waals surface area contributed by atoms with Crippen molar-refractivity contribution in [3.63, 3.8) is 0 Å². The molecule has 0 radical (unpaired) electrons. The van der Waals surface area contributed by atoms with E-state index in [-0.39, 0.29) is 6.04 Å². The molecule has 1 aliphatic rings. The van der Waals surface area contributed by atoms with Gasteiger partial charge in [-0.05, 0) is 32.0 Å². The zero-order chi connectivity index (χ0) is 15.9. The average molecular weight is 308 g/mol. The summed E-state index contributed by atoms with van der Waals surface area (Å²) < 4.78 is 28.1. The van der Waals surface area contributed by atoms with Crippen LogP contribution in [-0.2, 0) is 4.79 Å². The molecule has 3 rings (SSSR count). The van der Waals surface area contributed by atoms with Gasteiger partial charge in [0.05, 0.1) is 18.1 Å². The molecule has 0 bridgehead atoms. The summed E-state index contributed by atoms with van der Waals surface area (Å²) in [4.78, 5) is 12.0. The molecule has 7 heteroatoms. The van der Waals surface area contributed by atoms with E-state index < -0.39 is 30.8 Å². The second-order valence-corrected chi connectivity index (χ2v) is 5.96. The van der Waals surface area contributed by atoms with Gasteiger partial charge in [0.25, 0.3) is 5.92 Å². The summed E-state index contributed by atoms with van der Waals surface area (Å²) in [6.07, 6.45) is 1.43. The van der Waals surface area contributed by atoms with Gasteiger partial charge < -0.3 is 5.32 Å². The second-order valence-electron chi connectivity index (χ2n) is 5.96. The van der Waals surface area contributed by atoms with Gasteiger partial charge in [0.15, 0.2) is 0 Å².